The Morgan fingerprint density at radius 3 is 2.84 bits per heavy atom. The lowest BCUT2D eigenvalue weighted by Crippen LogP contribution is -2.54. The molecule has 0 unspecified atom stereocenters. The number of halogens is 1. The van der Waals surface area contributed by atoms with E-state index in [2.05, 4.69) is 15.6 Å². The number of nitrogens with zero attached hydrogens (tertiary/aromatic N) is 4. The quantitative estimate of drug-likeness (QED) is 0.697. The van der Waals surface area contributed by atoms with Gasteiger partial charge in [0.25, 0.3) is 5.88 Å². The van der Waals surface area contributed by atoms with Gasteiger partial charge in [-0.05, 0) is 13.8 Å². The van der Waals surface area contributed by atoms with Crippen molar-refractivity contribution in [1.82, 2.24) is 20.1 Å². The first-order valence-electron chi connectivity index (χ1n) is 5.60. The highest BCUT2D eigenvalue weighted by atomic mass is 35.5. The van der Waals surface area contributed by atoms with E-state index in [9.17, 15) is 9.59 Å². The molecule has 19 heavy (non-hydrogen) atoms. The molecule has 0 radical (unpaired) electrons. The maximum Gasteiger partial charge on any atom is 0.352 e. The summed E-state index contributed by atoms with van der Waals surface area (Å²) in [6.45, 7) is 3.84. The maximum absolute atomic E-state index is 12.1. The number of fused-ring (bicyclic) bond motifs is 1. The molecule has 1 amide bonds. The summed E-state index contributed by atoms with van der Waals surface area (Å²) in [5, 5.41) is 5.13. The van der Waals surface area contributed by atoms with Gasteiger partial charge in [-0.2, -0.15) is 4.98 Å². The van der Waals surface area contributed by atoms with Gasteiger partial charge in [0.05, 0.1) is 12.6 Å². The van der Waals surface area contributed by atoms with E-state index in [1.54, 1.807) is 19.8 Å². The van der Waals surface area contributed by atoms with Crippen LogP contribution in [-0.4, -0.2) is 45.1 Å². The zero-order chi connectivity index (χ0) is 14.0. The van der Waals surface area contributed by atoms with E-state index < -0.39 is 6.03 Å². The number of ether oxygens (including phenoxy) is 1. The minimum atomic E-state index is -0.505. The number of hydrogen-bond donors (Lipinski definition) is 1. The van der Waals surface area contributed by atoms with E-state index in [4.69, 9.17) is 16.3 Å². The summed E-state index contributed by atoms with van der Waals surface area (Å²) in [5.74, 6) is 1.94. The fourth-order valence-corrected chi connectivity index (χ4v) is 1.71. The first-order chi connectivity index (χ1) is 9.08. The molecule has 102 valence electrons. The molecule has 0 bridgehead atoms. The van der Waals surface area contributed by atoms with E-state index >= 15 is 0 Å². The van der Waals surface area contributed by atoms with Gasteiger partial charge in [0.2, 0.25) is 11.0 Å². The fourth-order valence-electron chi connectivity index (χ4n) is 1.54. The highest BCUT2D eigenvalue weighted by Crippen LogP contribution is 2.02. The van der Waals surface area contributed by atoms with Crippen LogP contribution in [0.15, 0.2) is 5.10 Å². The molecule has 1 aliphatic rings. The molecule has 1 aromatic heterocycles. The number of alkyl halides is 1. The van der Waals surface area contributed by atoms with Crippen molar-refractivity contribution in [2.24, 2.45) is 5.10 Å². The lowest BCUT2D eigenvalue weighted by molar-refractivity contribution is 0.163. The standard InChI is InChI=1S/C10H12ClN5O3/c1-6(2)19-9-8-13-14-15(4-3-11)10(18)16(8)7(5-17)12-9/h6,14H,3-4H2,1-2H3. The molecule has 0 saturated heterocycles. The number of hydrogen-bond acceptors (Lipinski definition) is 6. The molecule has 8 nitrogen and oxygen atoms in total. The Bertz CT molecular complexity index is 634. The zero-order valence-electron chi connectivity index (χ0n) is 10.4. The predicted octanol–water partition coefficient (Wildman–Crippen LogP) is -1.26. The molecule has 1 N–H and O–H groups in total. The molecular weight excluding hydrogens is 274 g/mol. The minimum Gasteiger partial charge on any atom is -0.472 e. The number of hydrazine groups is 1. The highest BCUT2D eigenvalue weighted by Gasteiger charge is 2.26. The molecule has 9 heteroatoms. The lowest BCUT2D eigenvalue weighted by Gasteiger charge is -2.23. The van der Waals surface area contributed by atoms with Gasteiger partial charge in [0.15, 0.2) is 5.94 Å². The summed E-state index contributed by atoms with van der Waals surface area (Å²) < 4.78 is 6.43. The molecule has 0 fully saturated rings. The molecule has 1 aromatic rings. The number of rotatable bonds is 4. The van der Waals surface area contributed by atoms with Crippen molar-refractivity contribution in [3.8, 4) is 5.88 Å². The van der Waals surface area contributed by atoms with Crippen LogP contribution in [0.3, 0.4) is 0 Å². The van der Waals surface area contributed by atoms with Crippen molar-refractivity contribution in [2.75, 3.05) is 12.4 Å². The number of nitrogens with one attached hydrogen (secondary N) is 1. The van der Waals surface area contributed by atoms with Crippen molar-refractivity contribution in [1.29, 1.82) is 0 Å². The minimum absolute atomic E-state index is 0.111. The molecule has 0 spiro atoms. The van der Waals surface area contributed by atoms with Gasteiger partial charge >= 0.3 is 6.03 Å². The van der Waals surface area contributed by atoms with Crippen LogP contribution in [0, 0.1) is 0 Å². The summed E-state index contributed by atoms with van der Waals surface area (Å²) in [6, 6.07) is -0.505. The van der Waals surface area contributed by atoms with Crippen LogP contribution >= 0.6 is 11.6 Å². The molecule has 0 aromatic carbocycles. The molecule has 0 aliphatic carbocycles. The summed E-state index contributed by atoms with van der Waals surface area (Å²) in [4.78, 5) is 26.9. The van der Waals surface area contributed by atoms with Gasteiger partial charge in [0, 0.05) is 5.88 Å². The summed E-state index contributed by atoms with van der Waals surface area (Å²) in [7, 11) is 0. The largest absolute Gasteiger partial charge is 0.472 e. The number of carbonyl (C=O) groups excluding carboxylic acids is 2. The lowest BCUT2D eigenvalue weighted by atomic mass is 10.5. The van der Waals surface area contributed by atoms with E-state index in [0.717, 1.165) is 4.57 Å². The summed E-state index contributed by atoms with van der Waals surface area (Å²) >= 11 is 5.57. The number of carbonyl (C=O) groups is 1. The molecule has 1 aliphatic heterocycles. The van der Waals surface area contributed by atoms with Crippen molar-refractivity contribution in [3.63, 3.8) is 0 Å². The smallest absolute Gasteiger partial charge is 0.352 e. The first kappa shape index (κ1) is 13.4. The van der Waals surface area contributed by atoms with Crippen molar-refractivity contribution in [3.05, 3.63) is 11.0 Å². The topological polar surface area (TPSA) is 88.8 Å². The van der Waals surface area contributed by atoms with Crippen LogP contribution in [0.1, 0.15) is 13.8 Å². The molecular formula is C10H12ClN5O3. The summed E-state index contributed by atoms with van der Waals surface area (Å²) in [5.41, 5.74) is 2.49. The van der Waals surface area contributed by atoms with Crippen molar-refractivity contribution >= 4 is 23.6 Å². The van der Waals surface area contributed by atoms with Crippen LogP contribution in [-0.2, 0) is 4.79 Å². The van der Waals surface area contributed by atoms with Gasteiger partial charge in [-0.3, -0.25) is 0 Å². The SMILES string of the molecule is CC(C)Oc1nc(=C=O)n2c1=NNN(CCCl)C2=O. The van der Waals surface area contributed by atoms with Crippen LogP contribution in [0.25, 0.3) is 0 Å². The van der Waals surface area contributed by atoms with Gasteiger partial charge < -0.3 is 4.74 Å². The van der Waals surface area contributed by atoms with Crippen LogP contribution in [0.4, 0.5) is 4.79 Å². The molecule has 0 atom stereocenters. The van der Waals surface area contributed by atoms with E-state index in [1.807, 2.05) is 0 Å². The highest BCUT2D eigenvalue weighted by molar-refractivity contribution is 6.18. The molecule has 0 saturated carbocycles. The van der Waals surface area contributed by atoms with Crippen LogP contribution in [0.5, 0.6) is 5.88 Å². The third-order valence-electron chi connectivity index (χ3n) is 2.27. The average Bonchev–Trinajstić information content (AvgIpc) is 2.71. The summed E-state index contributed by atoms with van der Waals surface area (Å²) in [6.07, 6.45) is -0.162. The fraction of sp³-hybridized carbons (Fsp3) is 0.500. The van der Waals surface area contributed by atoms with E-state index in [1.165, 1.54) is 5.01 Å². The Hall–Kier alpha value is -2.05. The van der Waals surface area contributed by atoms with Gasteiger partial charge in [0.1, 0.15) is 0 Å². The maximum atomic E-state index is 12.1. The van der Waals surface area contributed by atoms with E-state index in [0.29, 0.717) is 0 Å². The average molecular weight is 286 g/mol. The molecule has 2 heterocycles. The number of amides is 1. The van der Waals surface area contributed by atoms with Gasteiger partial charge in [-0.15, -0.1) is 16.7 Å². The third kappa shape index (κ3) is 2.40. The second kappa shape index (κ2) is 5.29. The van der Waals surface area contributed by atoms with Crippen molar-refractivity contribution < 1.29 is 14.3 Å². The Labute approximate surface area is 113 Å². The Morgan fingerprint density at radius 1 is 1.53 bits per heavy atom. The Balaban J connectivity index is 2.54. The van der Waals surface area contributed by atoms with Crippen molar-refractivity contribution in [2.45, 2.75) is 20.0 Å². The second-order valence-electron chi connectivity index (χ2n) is 4.00. The third-order valence-corrected chi connectivity index (χ3v) is 2.44. The van der Waals surface area contributed by atoms with Crippen LogP contribution < -0.4 is 21.2 Å². The zero-order valence-corrected chi connectivity index (χ0v) is 11.1. The normalized spacial score (nSPS) is 13.7. The second-order valence-corrected chi connectivity index (χ2v) is 4.38. The predicted molar refractivity (Wildman–Crippen MR) is 64.9 cm³/mol. The van der Waals surface area contributed by atoms with Crippen LogP contribution in [0.2, 0.25) is 0 Å². The van der Waals surface area contributed by atoms with E-state index in [-0.39, 0.29) is 35.4 Å². The number of imidazole rings is 1. The first-order valence-corrected chi connectivity index (χ1v) is 6.13. The monoisotopic (exact) mass is 285 g/mol. The Morgan fingerprint density at radius 2 is 2.26 bits per heavy atom. The number of aromatic nitrogens is 2. The van der Waals surface area contributed by atoms with Gasteiger partial charge in [-0.25, -0.2) is 24.7 Å². The van der Waals surface area contributed by atoms with Gasteiger partial charge in [-0.1, -0.05) is 0 Å². The molecule has 2 rings (SSSR count). The Kier molecular flexibility index (Phi) is 3.73.